The highest BCUT2D eigenvalue weighted by Gasteiger charge is 2.13. The molecule has 0 spiro atoms. The van der Waals surface area contributed by atoms with Crippen LogP contribution in [-0.2, 0) is 9.59 Å². The van der Waals surface area contributed by atoms with Crippen LogP contribution in [0.2, 0.25) is 0 Å². The van der Waals surface area contributed by atoms with Crippen molar-refractivity contribution in [3.63, 3.8) is 0 Å². The lowest BCUT2D eigenvalue weighted by molar-refractivity contribution is -0.131. The number of ether oxygens (including phenoxy) is 1. The van der Waals surface area contributed by atoms with Gasteiger partial charge in [0.2, 0.25) is 5.91 Å². The van der Waals surface area contributed by atoms with Gasteiger partial charge in [0.25, 0.3) is 0 Å². The number of benzene rings is 2. The normalized spacial score (nSPS) is 11.0. The number of carboxylic acids is 1. The third-order valence-corrected chi connectivity index (χ3v) is 4.66. The average molecular weight is 499 g/mol. The van der Waals surface area contributed by atoms with Gasteiger partial charge >= 0.3 is 5.97 Å². The number of carbonyl (C=O) groups is 2. The number of rotatable bonds is 6. The van der Waals surface area contributed by atoms with Gasteiger partial charge in [-0.3, -0.25) is 4.79 Å². The van der Waals surface area contributed by atoms with Crippen LogP contribution >= 0.6 is 31.9 Å². The number of aromatic hydroxyl groups is 1. The maximum absolute atomic E-state index is 11.7. The fourth-order valence-electron chi connectivity index (χ4n) is 2.24. The summed E-state index contributed by atoms with van der Waals surface area (Å²) < 4.78 is 7.07. The monoisotopic (exact) mass is 497 g/mol. The van der Waals surface area contributed by atoms with Gasteiger partial charge in [-0.1, -0.05) is 13.8 Å². The van der Waals surface area contributed by atoms with Crippen molar-refractivity contribution >= 4 is 49.4 Å². The van der Waals surface area contributed by atoms with Gasteiger partial charge in [-0.25, -0.2) is 4.79 Å². The highest BCUT2D eigenvalue weighted by Crippen LogP contribution is 2.40. The second-order valence-corrected chi connectivity index (χ2v) is 7.62. The summed E-state index contributed by atoms with van der Waals surface area (Å²) in [5.74, 6) is -0.371. The van der Waals surface area contributed by atoms with Crippen molar-refractivity contribution in [2.75, 3.05) is 5.32 Å². The molecular formula is C19H17Br2NO5. The lowest BCUT2D eigenvalue weighted by Crippen LogP contribution is -2.08. The van der Waals surface area contributed by atoms with Gasteiger partial charge in [0, 0.05) is 23.4 Å². The molecule has 2 aromatic carbocycles. The van der Waals surface area contributed by atoms with Crippen molar-refractivity contribution in [3.05, 3.63) is 57.0 Å². The number of hydrogen-bond donors (Lipinski definition) is 3. The van der Waals surface area contributed by atoms with E-state index in [1.54, 1.807) is 30.3 Å². The molecule has 0 aromatic heterocycles. The molecule has 8 heteroatoms. The fraction of sp³-hybridized carbons (Fsp3) is 0.158. The highest BCUT2D eigenvalue weighted by molar-refractivity contribution is 9.11. The molecule has 0 saturated carbocycles. The first-order valence-electron chi connectivity index (χ1n) is 7.89. The lowest BCUT2D eigenvalue weighted by Gasteiger charge is -2.14. The van der Waals surface area contributed by atoms with E-state index in [9.17, 15) is 14.7 Å². The number of hydrogen-bond acceptors (Lipinski definition) is 4. The predicted molar refractivity (Wildman–Crippen MR) is 110 cm³/mol. The van der Waals surface area contributed by atoms with Crippen molar-refractivity contribution in [2.24, 2.45) is 0 Å². The molecule has 2 aromatic rings. The Morgan fingerprint density at radius 3 is 2.30 bits per heavy atom. The Morgan fingerprint density at radius 1 is 1.11 bits per heavy atom. The Hall–Kier alpha value is -2.32. The molecule has 1 amide bonds. The van der Waals surface area contributed by atoms with Crippen LogP contribution < -0.4 is 10.1 Å². The molecule has 0 atom stereocenters. The number of carbonyl (C=O) groups excluding carboxylic acids is 1. The van der Waals surface area contributed by atoms with Crippen LogP contribution in [0.15, 0.2) is 51.4 Å². The van der Waals surface area contributed by atoms with Crippen molar-refractivity contribution in [2.45, 2.75) is 19.8 Å². The van der Waals surface area contributed by atoms with Crippen LogP contribution in [0.4, 0.5) is 5.69 Å². The Kier molecular flexibility index (Phi) is 7.04. The van der Waals surface area contributed by atoms with E-state index >= 15 is 0 Å². The summed E-state index contributed by atoms with van der Waals surface area (Å²) in [7, 11) is 0. The number of carboxylic acid groups (broad SMARTS) is 1. The minimum absolute atomic E-state index is 0.136. The molecule has 0 bridgehead atoms. The summed E-state index contributed by atoms with van der Waals surface area (Å²) in [5.41, 5.74) is 1.23. The van der Waals surface area contributed by atoms with Crippen molar-refractivity contribution in [1.82, 2.24) is 0 Å². The van der Waals surface area contributed by atoms with Gasteiger partial charge in [0.15, 0.2) is 5.75 Å². The van der Waals surface area contributed by atoms with E-state index in [2.05, 4.69) is 37.2 Å². The Labute approximate surface area is 173 Å². The molecule has 6 nitrogen and oxygen atoms in total. The van der Waals surface area contributed by atoms with Crippen molar-refractivity contribution < 1.29 is 24.5 Å². The zero-order valence-corrected chi connectivity index (χ0v) is 17.7. The van der Waals surface area contributed by atoms with Gasteiger partial charge in [-0.15, -0.1) is 0 Å². The average Bonchev–Trinajstić information content (AvgIpc) is 2.57. The van der Waals surface area contributed by atoms with Gasteiger partial charge < -0.3 is 20.3 Å². The van der Waals surface area contributed by atoms with E-state index in [0.717, 1.165) is 17.7 Å². The van der Waals surface area contributed by atoms with E-state index in [1.807, 2.05) is 13.8 Å². The quantitative estimate of drug-likeness (QED) is 0.462. The third kappa shape index (κ3) is 5.83. The lowest BCUT2D eigenvalue weighted by atomic mass is 10.0. The van der Waals surface area contributed by atoms with E-state index in [1.165, 1.54) is 0 Å². The second-order valence-electron chi connectivity index (χ2n) is 5.91. The van der Waals surface area contributed by atoms with Crippen LogP contribution in [0.1, 0.15) is 25.3 Å². The van der Waals surface area contributed by atoms with Crippen molar-refractivity contribution in [3.8, 4) is 17.2 Å². The zero-order valence-electron chi connectivity index (χ0n) is 14.5. The van der Waals surface area contributed by atoms with Crippen LogP contribution in [0.3, 0.4) is 0 Å². The fourth-order valence-corrected chi connectivity index (χ4v) is 3.59. The van der Waals surface area contributed by atoms with Gasteiger partial charge in [-0.05, 0) is 68.1 Å². The number of amides is 1. The molecule has 2 rings (SSSR count). The first kappa shape index (κ1) is 21.0. The van der Waals surface area contributed by atoms with Crippen LogP contribution in [-0.4, -0.2) is 22.1 Å². The number of phenolic OH excluding ortho intramolecular Hbond substituents is 1. The summed E-state index contributed by atoms with van der Waals surface area (Å²) in [6.45, 7) is 3.95. The van der Waals surface area contributed by atoms with Gasteiger partial charge in [0.05, 0.1) is 8.95 Å². The molecule has 0 saturated heterocycles. The van der Waals surface area contributed by atoms with E-state index in [4.69, 9.17) is 9.84 Å². The molecule has 27 heavy (non-hydrogen) atoms. The number of anilines is 1. The maximum atomic E-state index is 11.7. The van der Waals surface area contributed by atoms with E-state index in [-0.39, 0.29) is 11.7 Å². The predicted octanol–water partition coefficient (Wildman–Crippen LogP) is 5.41. The smallest absolute Gasteiger partial charge is 0.328 e. The number of halogens is 2. The topological polar surface area (TPSA) is 95.9 Å². The maximum Gasteiger partial charge on any atom is 0.328 e. The molecule has 0 aliphatic rings. The molecule has 0 fully saturated rings. The van der Waals surface area contributed by atoms with Crippen LogP contribution in [0.25, 0.3) is 0 Å². The molecule has 142 valence electrons. The van der Waals surface area contributed by atoms with Gasteiger partial charge in [0.1, 0.15) is 11.5 Å². The second kappa shape index (κ2) is 9.05. The summed E-state index contributed by atoms with van der Waals surface area (Å²) in [4.78, 5) is 22.2. The Balaban J connectivity index is 2.23. The van der Waals surface area contributed by atoms with Gasteiger partial charge in [-0.2, -0.15) is 0 Å². The Bertz CT molecular complexity index is 886. The minimum atomic E-state index is -1.20. The van der Waals surface area contributed by atoms with E-state index in [0.29, 0.717) is 26.1 Å². The summed E-state index contributed by atoms with van der Waals surface area (Å²) >= 11 is 6.80. The summed E-state index contributed by atoms with van der Waals surface area (Å²) in [5, 5.41) is 21.0. The first-order chi connectivity index (χ1) is 12.7. The standard InChI is InChI=1S/C19H17Br2NO5/c1-10(2)13-9-12(3-4-16(13)23)27-19-14(20)7-11(8-15(19)21)22-17(24)5-6-18(25)26/h3-10,23H,1-2H3,(H,22,24)(H,25,26)/b6-5-. The molecule has 0 aliphatic heterocycles. The number of aliphatic carboxylic acids is 1. The molecule has 0 aliphatic carbocycles. The SMILES string of the molecule is CC(C)c1cc(Oc2c(Br)cc(NC(=O)/C=C\C(=O)O)cc2Br)ccc1O. The van der Waals surface area contributed by atoms with Crippen molar-refractivity contribution in [1.29, 1.82) is 0 Å². The zero-order chi connectivity index (χ0) is 20.1. The van der Waals surface area contributed by atoms with Crippen LogP contribution in [0, 0.1) is 0 Å². The highest BCUT2D eigenvalue weighted by atomic mass is 79.9. The van der Waals surface area contributed by atoms with E-state index < -0.39 is 11.9 Å². The molecule has 0 unspecified atom stereocenters. The summed E-state index contributed by atoms with van der Waals surface area (Å²) in [6, 6.07) is 8.28. The molecule has 0 heterocycles. The van der Waals surface area contributed by atoms with Crippen LogP contribution in [0.5, 0.6) is 17.2 Å². The summed E-state index contributed by atoms with van der Waals surface area (Å²) in [6.07, 6.45) is 1.69. The number of nitrogens with one attached hydrogen (secondary N) is 1. The first-order valence-corrected chi connectivity index (χ1v) is 9.47. The Morgan fingerprint density at radius 2 is 1.74 bits per heavy atom. The molecule has 3 N–H and O–H groups in total. The third-order valence-electron chi connectivity index (χ3n) is 3.48. The molecule has 0 radical (unpaired) electrons. The largest absolute Gasteiger partial charge is 0.508 e. The number of phenols is 1. The minimum Gasteiger partial charge on any atom is -0.508 e. The molecular weight excluding hydrogens is 482 g/mol.